The molecule has 2 aromatic rings. The van der Waals surface area contributed by atoms with Crippen LogP contribution in [0, 0.1) is 6.92 Å². The molecule has 0 aliphatic heterocycles. The maximum atomic E-state index is 10.6. The minimum Gasteiger partial charge on any atom is -0.384 e. The molecule has 0 saturated heterocycles. The summed E-state index contributed by atoms with van der Waals surface area (Å²) in [5.41, 5.74) is 4.29. The van der Waals surface area contributed by atoms with Gasteiger partial charge in [0.25, 0.3) is 0 Å². The van der Waals surface area contributed by atoms with Crippen molar-refractivity contribution in [1.82, 2.24) is 0 Å². The second kappa shape index (κ2) is 5.59. The van der Waals surface area contributed by atoms with E-state index in [4.69, 9.17) is 11.6 Å². The lowest BCUT2D eigenvalue weighted by molar-refractivity contribution is 0.219. The molecule has 1 saturated carbocycles. The molecule has 0 amide bonds. The van der Waals surface area contributed by atoms with Crippen LogP contribution < -0.4 is 0 Å². The van der Waals surface area contributed by atoms with E-state index < -0.39 is 6.10 Å². The van der Waals surface area contributed by atoms with Crippen LogP contribution in [0.15, 0.2) is 42.5 Å². The number of hydrogen-bond donors (Lipinski definition) is 1. The van der Waals surface area contributed by atoms with Gasteiger partial charge in [0.15, 0.2) is 0 Å². The molecule has 2 heteroatoms. The summed E-state index contributed by atoms with van der Waals surface area (Å²) in [6, 6.07) is 14.0. The van der Waals surface area contributed by atoms with Crippen molar-refractivity contribution in [3.05, 3.63) is 69.7 Å². The maximum absolute atomic E-state index is 10.6. The molecule has 2 aromatic carbocycles. The van der Waals surface area contributed by atoms with Crippen LogP contribution in [0.1, 0.15) is 53.5 Å². The number of aryl methyl sites for hydroxylation is 1. The van der Waals surface area contributed by atoms with Gasteiger partial charge in [0.1, 0.15) is 6.10 Å². The van der Waals surface area contributed by atoms with Gasteiger partial charge in [-0.15, -0.1) is 0 Å². The molecule has 3 rings (SSSR count). The lowest BCUT2D eigenvalue weighted by Gasteiger charge is -2.26. The molecule has 1 unspecified atom stereocenters. The summed E-state index contributed by atoms with van der Waals surface area (Å²) < 4.78 is 0. The van der Waals surface area contributed by atoms with Crippen molar-refractivity contribution in [3.63, 3.8) is 0 Å². The Kier molecular flexibility index (Phi) is 3.82. The third-order valence-corrected chi connectivity index (χ3v) is 4.56. The van der Waals surface area contributed by atoms with Gasteiger partial charge in [-0.2, -0.15) is 0 Å². The first-order valence-electron chi connectivity index (χ1n) is 7.19. The zero-order valence-corrected chi connectivity index (χ0v) is 12.4. The van der Waals surface area contributed by atoms with E-state index >= 15 is 0 Å². The second-order valence-electron chi connectivity index (χ2n) is 5.70. The molecule has 1 aliphatic carbocycles. The fraction of sp³-hybridized carbons (Fsp3) is 0.333. The lowest BCUT2D eigenvalue weighted by Crippen LogP contribution is -2.10. The molecule has 1 atom stereocenters. The fourth-order valence-corrected chi connectivity index (χ4v) is 3.08. The Morgan fingerprint density at radius 3 is 2.60 bits per heavy atom. The van der Waals surface area contributed by atoms with Gasteiger partial charge in [-0.05, 0) is 60.1 Å². The summed E-state index contributed by atoms with van der Waals surface area (Å²) in [6.45, 7) is 1.99. The zero-order valence-electron chi connectivity index (χ0n) is 11.6. The molecule has 0 spiro atoms. The largest absolute Gasteiger partial charge is 0.384 e. The van der Waals surface area contributed by atoms with Crippen LogP contribution in [-0.4, -0.2) is 5.11 Å². The van der Waals surface area contributed by atoms with Crippen LogP contribution in [0.2, 0.25) is 5.02 Å². The molecule has 1 N–H and O–H groups in total. The van der Waals surface area contributed by atoms with Gasteiger partial charge in [0, 0.05) is 5.02 Å². The highest BCUT2D eigenvalue weighted by atomic mass is 35.5. The van der Waals surface area contributed by atoms with Crippen molar-refractivity contribution in [1.29, 1.82) is 0 Å². The first kappa shape index (κ1) is 13.7. The first-order valence-corrected chi connectivity index (χ1v) is 7.57. The topological polar surface area (TPSA) is 20.2 Å². The Hall–Kier alpha value is -1.31. The van der Waals surface area contributed by atoms with Gasteiger partial charge in [-0.25, -0.2) is 0 Å². The molecule has 0 aromatic heterocycles. The predicted octanol–water partition coefficient (Wildman–Crippen LogP) is 5.00. The van der Waals surface area contributed by atoms with E-state index in [0.29, 0.717) is 10.9 Å². The third kappa shape index (κ3) is 2.61. The fourth-order valence-electron chi connectivity index (χ4n) is 2.85. The van der Waals surface area contributed by atoms with Crippen LogP contribution in [0.25, 0.3) is 0 Å². The summed E-state index contributed by atoms with van der Waals surface area (Å²) in [5.74, 6) is 0.688. The molecule has 0 bridgehead atoms. The highest BCUT2D eigenvalue weighted by Crippen LogP contribution is 2.37. The summed E-state index contributed by atoms with van der Waals surface area (Å²) in [6.07, 6.45) is 3.31. The molecule has 1 nitrogen and oxygen atoms in total. The quantitative estimate of drug-likeness (QED) is 0.842. The van der Waals surface area contributed by atoms with Gasteiger partial charge >= 0.3 is 0 Å². The Labute approximate surface area is 125 Å². The second-order valence-corrected chi connectivity index (χ2v) is 6.14. The SMILES string of the molecule is Cc1cc(Cl)ccc1C(O)c1cccc(C2CCC2)c1. The van der Waals surface area contributed by atoms with Gasteiger partial charge in [0.2, 0.25) is 0 Å². The van der Waals surface area contributed by atoms with Gasteiger partial charge in [-0.3, -0.25) is 0 Å². The maximum Gasteiger partial charge on any atom is 0.104 e. The van der Waals surface area contributed by atoms with Crippen molar-refractivity contribution in [2.45, 2.75) is 38.2 Å². The minimum atomic E-state index is -0.577. The van der Waals surface area contributed by atoms with Crippen LogP contribution in [0.5, 0.6) is 0 Å². The zero-order chi connectivity index (χ0) is 14.1. The average molecular weight is 287 g/mol. The molecule has 0 radical (unpaired) electrons. The summed E-state index contributed by atoms with van der Waals surface area (Å²) >= 11 is 5.98. The Morgan fingerprint density at radius 1 is 1.15 bits per heavy atom. The average Bonchev–Trinajstić information content (AvgIpc) is 2.36. The Bertz CT molecular complexity index is 617. The van der Waals surface area contributed by atoms with Crippen LogP contribution in [0.4, 0.5) is 0 Å². The molecule has 1 fully saturated rings. The van der Waals surface area contributed by atoms with Crippen molar-refractivity contribution >= 4 is 11.6 Å². The predicted molar refractivity (Wildman–Crippen MR) is 83.3 cm³/mol. The van der Waals surface area contributed by atoms with E-state index in [9.17, 15) is 5.11 Å². The normalized spacial score (nSPS) is 16.8. The van der Waals surface area contributed by atoms with Crippen LogP contribution >= 0.6 is 11.6 Å². The Morgan fingerprint density at radius 2 is 1.95 bits per heavy atom. The monoisotopic (exact) mass is 286 g/mol. The first-order chi connectivity index (χ1) is 9.65. The van der Waals surface area contributed by atoms with E-state index in [0.717, 1.165) is 16.7 Å². The highest BCUT2D eigenvalue weighted by molar-refractivity contribution is 6.30. The molecular formula is C18H19ClO. The number of aliphatic hydroxyl groups is 1. The number of halogens is 1. The summed E-state index contributed by atoms with van der Waals surface area (Å²) in [5, 5.41) is 11.3. The minimum absolute atomic E-state index is 0.577. The van der Waals surface area contributed by atoms with E-state index in [1.165, 1.54) is 24.8 Å². The van der Waals surface area contributed by atoms with Gasteiger partial charge in [0.05, 0.1) is 0 Å². The molecule has 104 valence electrons. The molecule has 1 aliphatic rings. The van der Waals surface area contributed by atoms with Gasteiger partial charge < -0.3 is 5.11 Å². The van der Waals surface area contributed by atoms with E-state index in [1.807, 2.05) is 31.2 Å². The number of aliphatic hydroxyl groups excluding tert-OH is 1. The van der Waals surface area contributed by atoms with Crippen molar-refractivity contribution in [2.24, 2.45) is 0 Å². The van der Waals surface area contributed by atoms with Crippen LogP contribution in [0.3, 0.4) is 0 Å². The number of hydrogen-bond acceptors (Lipinski definition) is 1. The number of rotatable bonds is 3. The van der Waals surface area contributed by atoms with E-state index in [2.05, 4.69) is 18.2 Å². The van der Waals surface area contributed by atoms with E-state index in [1.54, 1.807) is 0 Å². The highest BCUT2D eigenvalue weighted by Gasteiger charge is 2.21. The molecule has 0 heterocycles. The molecule has 20 heavy (non-hydrogen) atoms. The van der Waals surface area contributed by atoms with Crippen molar-refractivity contribution in [3.8, 4) is 0 Å². The van der Waals surface area contributed by atoms with Crippen LogP contribution in [-0.2, 0) is 0 Å². The standard InChI is InChI=1S/C18H19ClO/c1-12-10-16(19)8-9-17(12)18(20)15-7-3-6-14(11-15)13-4-2-5-13/h3,6-11,13,18,20H,2,4-5H2,1H3. The lowest BCUT2D eigenvalue weighted by atomic mass is 9.79. The number of benzene rings is 2. The van der Waals surface area contributed by atoms with Gasteiger partial charge in [-0.1, -0.05) is 48.4 Å². The molecular weight excluding hydrogens is 268 g/mol. The summed E-state index contributed by atoms with van der Waals surface area (Å²) in [4.78, 5) is 0. The van der Waals surface area contributed by atoms with Crippen molar-refractivity contribution < 1.29 is 5.11 Å². The third-order valence-electron chi connectivity index (χ3n) is 4.33. The Balaban J connectivity index is 1.91. The van der Waals surface area contributed by atoms with E-state index in [-0.39, 0.29) is 0 Å². The summed E-state index contributed by atoms with van der Waals surface area (Å²) in [7, 11) is 0. The van der Waals surface area contributed by atoms with Crippen molar-refractivity contribution in [2.75, 3.05) is 0 Å². The smallest absolute Gasteiger partial charge is 0.104 e.